The summed E-state index contributed by atoms with van der Waals surface area (Å²) in [6.45, 7) is 0.555. The van der Waals surface area contributed by atoms with E-state index in [2.05, 4.69) is 9.97 Å². The van der Waals surface area contributed by atoms with E-state index in [1.807, 2.05) is 0 Å². The Morgan fingerprint density at radius 2 is 1.95 bits per heavy atom. The van der Waals surface area contributed by atoms with Crippen molar-refractivity contribution in [1.29, 1.82) is 0 Å². The molecular formula is C15H14ClN3O3. The first kappa shape index (κ1) is 14.6. The van der Waals surface area contributed by atoms with E-state index in [9.17, 15) is 15.0 Å². The number of carbonyl (C=O) groups excluding carboxylic acids is 1. The molecule has 2 aromatic rings. The number of phenols is 2. The van der Waals surface area contributed by atoms with Crippen molar-refractivity contribution in [2.45, 2.75) is 18.9 Å². The number of phenolic OH excluding ortho intramolecular Hbond substituents is 2. The predicted octanol–water partition coefficient (Wildman–Crippen LogP) is 2.52. The minimum atomic E-state index is -0.352. The molecule has 1 aromatic heterocycles. The minimum Gasteiger partial charge on any atom is -0.507 e. The average molecular weight is 320 g/mol. The maximum absolute atomic E-state index is 12.7. The van der Waals surface area contributed by atoms with Gasteiger partial charge in [-0.05, 0) is 25.0 Å². The molecule has 1 aliphatic rings. The second-order valence-corrected chi connectivity index (χ2v) is 5.49. The van der Waals surface area contributed by atoms with Crippen molar-refractivity contribution in [1.82, 2.24) is 14.9 Å². The van der Waals surface area contributed by atoms with Gasteiger partial charge in [-0.2, -0.15) is 0 Å². The maximum atomic E-state index is 12.7. The van der Waals surface area contributed by atoms with E-state index in [1.165, 1.54) is 6.07 Å². The number of aromatic nitrogens is 2. The number of nitrogens with zero attached hydrogens (tertiary/aromatic N) is 3. The lowest BCUT2D eigenvalue weighted by molar-refractivity contribution is 0.0726. The molecule has 0 bridgehead atoms. The predicted molar refractivity (Wildman–Crippen MR) is 79.8 cm³/mol. The van der Waals surface area contributed by atoms with Crippen LogP contribution in [0.25, 0.3) is 0 Å². The summed E-state index contributed by atoms with van der Waals surface area (Å²) in [6.07, 6.45) is 4.87. The van der Waals surface area contributed by atoms with Crippen molar-refractivity contribution in [3.05, 3.63) is 47.0 Å². The molecule has 0 aliphatic carbocycles. The van der Waals surface area contributed by atoms with E-state index < -0.39 is 0 Å². The van der Waals surface area contributed by atoms with Crippen LogP contribution in [0.4, 0.5) is 0 Å². The third-order valence-corrected chi connectivity index (χ3v) is 4.00. The first-order chi connectivity index (χ1) is 10.6. The van der Waals surface area contributed by atoms with Crippen LogP contribution < -0.4 is 0 Å². The molecule has 2 heterocycles. The topological polar surface area (TPSA) is 86.5 Å². The Labute approximate surface area is 132 Å². The smallest absolute Gasteiger partial charge is 0.258 e. The van der Waals surface area contributed by atoms with Gasteiger partial charge in [0.1, 0.15) is 11.5 Å². The fourth-order valence-corrected chi connectivity index (χ4v) is 2.80. The standard InChI is InChI=1S/C15H14ClN3O3/c16-10-7-9(12(20)8-13(10)21)15(22)19-6-1-3-11(19)14-17-4-2-5-18-14/h2,4-5,7-8,11,20-21H,1,3,6H2/t11-/m1/s1. The van der Waals surface area contributed by atoms with Crippen LogP contribution in [0.1, 0.15) is 35.1 Å². The molecule has 1 saturated heterocycles. The Balaban J connectivity index is 1.93. The Hall–Kier alpha value is -2.34. The number of aromatic hydroxyl groups is 2. The Kier molecular flexibility index (Phi) is 3.85. The van der Waals surface area contributed by atoms with Crippen molar-refractivity contribution in [3.8, 4) is 11.5 Å². The molecule has 1 atom stereocenters. The number of amides is 1. The zero-order valence-electron chi connectivity index (χ0n) is 11.6. The number of halogens is 1. The van der Waals surface area contributed by atoms with Gasteiger partial charge in [0.25, 0.3) is 5.91 Å². The van der Waals surface area contributed by atoms with Crippen LogP contribution in [0.2, 0.25) is 5.02 Å². The van der Waals surface area contributed by atoms with Crippen molar-refractivity contribution in [2.75, 3.05) is 6.54 Å². The molecule has 0 saturated carbocycles. The van der Waals surface area contributed by atoms with Crippen LogP contribution in [0.5, 0.6) is 11.5 Å². The van der Waals surface area contributed by atoms with Crippen molar-refractivity contribution in [3.63, 3.8) is 0 Å². The van der Waals surface area contributed by atoms with E-state index in [-0.39, 0.29) is 34.0 Å². The summed E-state index contributed by atoms with van der Waals surface area (Å²) >= 11 is 5.83. The summed E-state index contributed by atoms with van der Waals surface area (Å²) in [7, 11) is 0. The lowest BCUT2D eigenvalue weighted by Gasteiger charge is -2.24. The number of likely N-dealkylation sites (tertiary alicyclic amines) is 1. The first-order valence-electron chi connectivity index (χ1n) is 6.87. The molecule has 0 radical (unpaired) electrons. The highest BCUT2D eigenvalue weighted by Crippen LogP contribution is 2.35. The van der Waals surface area contributed by atoms with Gasteiger partial charge in [-0.1, -0.05) is 11.6 Å². The molecule has 3 rings (SSSR count). The van der Waals surface area contributed by atoms with Gasteiger partial charge in [-0.15, -0.1) is 0 Å². The number of benzene rings is 1. The van der Waals surface area contributed by atoms with Gasteiger partial charge in [-0.3, -0.25) is 4.79 Å². The van der Waals surface area contributed by atoms with Gasteiger partial charge in [0.15, 0.2) is 5.82 Å². The Bertz CT molecular complexity index is 709. The zero-order valence-corrected chi connectivity index (χ0v) is 12.4. The molecule has 1 aliphatic heterocycles. The van der Waals surface area contributed by atoms with E-state index in [0.29, 0.717) is 12.4 Å². The van der Waals surface area contributed by atoms with Gasteiger partial charge < -0.3 is 15.1 Å². The minimum absolute atomic E-state index is 0.0212. The molecule has 7 heteroatoms. The summed E-state index contributed by atoms with van der Waals surface area (Å²) in [6, 6.07) is 3.84. The quantitative estimate of drug-likeness (QED) is 0.888. The number of rotatable bonds is 2. The molecule has 6 nitrogen and oxygen atoms in total. The van der Waals surface area contributed by atoms with E-state index >= 15 is 0 Å². The summed E-state index contributed by atoms with van der Waals surface area (Å²) in [5.41, 5.74) is 0.0608. The van der Waals surface area contributed by atoms with Crippen LogP contribution in [0, 0.1) is 0 Å². The van der Waals surface area contributed by atoms with Crippen LogP contribution in [0.15, 0.2) is 30.6 Å². The zero-order chi connectivity index (χ0) is 15.7. The molecule has 0 spiro atoms. The summed E-state index contributed by atoms with van der Waals surface area (Å²) < 4.78 is 0. The van der Waals surface area contributed by atoms with Gasteiger partial charge in [-0.25, -0.2) is 9.97 Å². The normalized spacial score (nSPS) is 17.7. The Morgan fingerprint density at radius 1 is 1.23 bits per heavy atom. The molecule has 1 fully saturated rings. The lowest BCUT2D eigenvalue weighted by Crippen LogP contribution is -2.31. The monoisotopic (exact) mass is 319 g/mol. The third-order valence-electron chi connectivity index (χ3n) is 3.69. The molecule has 2 N–H and O–H groups in total. The SMILES string of the molecule is O=C(c1cc(Cl)c(O)cc1O)N1CCC[C@@H]1c1ncccn1. The second kappa shape index (κ2) is 5.81. The van der Waals surface area contributed by atoms with E-state index in [1.54, 1.807) is 23.4 Å². The van der Waals surface area contributed by atoms with Crippen molar-refractivity contribution >= 4 is 17.5 Å². The highest BCUT2D eigenvalue weighted by atomic mass is 35.5. The summed E-state index contributed by atoms with van der Waals surface area (Å²) in [5.74, 6) is -0.335. The molecule has 0 unspecified atom stereocenters. The van der Waals surface area contributed by atoms with Gasteiger partial charge in [0.2, 0.25) is 0 Å². The second-order valence-electron chi connectivity index (χ2n) is 5.08. The van der Waals surface area contributed by atoms with Gasteiger partial charge >= 0.3 is 0 Å². The molecular weight excluding hydrogens is 306 g/mol. The summed E-state index contributed by atoms with van der Waals surface area (Å²) in [5, 5.41) is 19.4. The molecule has 1 aromatic carbocycles. The van der Waals surface area contributed by atoms with Gasteiger partial charge in [0.05, 0.1) is 16.6 Å². The highest BCUT2D eigenvalue weighted by molar-refractivity contribution is 6.32. The number of hydrogen-bond donors (Lipinski definition) is 2. The van der Waals surface area contributed by atoms with Gasteiger partial charge in [0, 0.05) is 25.0 Å². The lowest BCUT2D eigenvalue weighted by atomic mass is 10.1. The van der Waals surface area contributed by atoms with Crippen LogP contribution >= 0.6 is 11.6 Å². The first-order valence-corrected chi connectivity index (χ1v) is 7.25. The fraction of sp³-hybridized carbons (Fsp3) is 0.267. The van der Waals surface area contributed by atoms with Crippen LogP contribution in [0.3, 0.4) is 0 Å². The summed E-state index contributed by atoms with van der Waals surface area (Å²) in [4.78, 5) is 22.7. The molecule has 22 heavy (non-hydrogen) atoms. The van der Waals surface area contributed by atoms with Crippen molar-refractivity contribution in [2.24, 2.45) is 0 Å². The molecule has 1 amide bonds. The number of hydrogen-bond acceptors (Lipinski definition) is 5. The largest absolute Gasteiger partial charge is 0.507 e. The van der Waals surface area contributed by atoms with Crippen LogP contribution in [-0.2, 0) is 0 Å². The van der Waals surface area contributed by atoms with E-state index in [4.69, 9.17) is 11.6 Å². The average Bonchev–Trinajstić information content (AvgIpc) is 3.00. The van der Waals surface area contributed by atoms with E-state index in [0.717, 1.165) is 18.9 Å². The fourth-order valence-electron chi connectivity index (χ4n) is 2.64. The third kappa shape index (κ3) is 2.57. The Morgan fingerprint density at radius 3 is 2.68 bits per heavy atom. The number of carbonyl (C=O) groups is 1. The highest BCUT2D eigenvalue weighted by Gasteiger charge is 2.33. The van der Waals surface area contributed by atoms with Crippen molar-refractivity contribution < 1.29 is 15.0 Å². The molecule has 114 valence electrons. The maximum Gasteiger partial charge on any atom is 0.258 e. The van der Waals surface area contributed by atoms with Crippen LogP contribution in [-0.4, -0.2) is 37.5 Å².